The van der Waals surface area contributed by atoms with Crippen LogP contribution in [0, 0.1) is 5.41 Å². The molecule has 0 saturated carbocycles. The molecule has 1 aliphatic heterocycles. The molecule has 0 aromatic heterocycles. The van der Waals surface area contributed by atoms with Crippen LogP contribution in [0.2, 0.25) is 0 Å². The topological polar surface area (TPSA) is 123 Å². The van der Waals surface area contributed by atoms with Gasteiger partial charge in [0.2, 0.25) is 11.8 Å². The summed E-state index contributed by atoms with van der Waals surface area (Å²) in [4.78, 5) is 28.9. The standard InChI is InChI=1S/C23H29N5O3/c24-23(25)17-6-8-18(9-7-17)26-21(30)10-11-22(31)28(14-15-29)20-5-3-4-19(16-20)27-12-1-2-13-27/h3-9,16,29H,1-2,10-15H2,(H3,24,25)(H,26,30). The van der Waals surface area contributed by atoms with Gasteiger partial charge in [-0.05, 0) is 55.3 Å². The smallest absolute Gasteiger partial charge is 0.227 e. The summed E-state index contributed by atoms with van der Waals surface area (Å²) in [6.07, 6.45) is 2.39. The lowest BCUT2D eigenvalue weighted by Gasteiger charge is -2.25. The largest absolute Gasteiger partial charge is 0.395 e. The maximum atomic E-state index is 12.8. The summed E-state index contributed by atoms with van der Waals surface area (Å²) in [6, 6.07) is 14.4. The number of aliphatic hydroxyl groups excluding tert-OH is 1. The number of nitrogens with zero attached hydrogens (tertiary/aromatic N) is 2. The molecule has 8 nitrogen and oxygen atoms in total. The van der Waals surface area contributed by atoms with Gasteiger partial charge >= 0.3 is 0 Å². The van der Waals surface area contributed by atoms with E-state index in [-0.39, 0.29) is 43.6 Å². The van der Waals surface area contributed by atoms with Crippen molar-refractivity contribution in [2.45, 2.75) is 25.7 Å². The van der Waals surface area contributed by atoms with E-state index in [1.54, 1.807) is 24.3 Å². The first kappa shape index (κ1) is 22.3. The maximum absolute atomic E-state index is 12.8. The van der Waals surface area contributed by atoms with E-state index in [1.807, 2.05) is 24.3 Å². The lowest BCUT2D eigenvalue weighted by atomic mass is 10.2. The van der Waals surface area contributed by atoms with Gasteiger partial charge in [-0.15, -0.1) is 0 Å². The van der Waals surface area contributed by atoms with E-state index in [1.165, 1.54) is 4.90 Å². The molecule has 5 N–H and O–H groups in total. The van der Waals surface area contributed by atoms with Crippen molar-refractivity contribution >= 4 is 34.7 Å². The van der Waals surface area contributed by atoms with Gasteiger partial charge in [-0.2, -0.15) is 0 Å². The number of carbonyl (C=O) groups is 2. The highest BCUT2D eigenvalue weighted by molar-refractivity contribution is 5.99. The van der Waals surface area contributed by atoms with Crippen LogP contribution >= 0.6 is 0 Å². The highest BCUT2D eigenvalue weighted by atomic mass is 16.3. The Labute approximate surface area is 182 Å². The van der Waals surface area contributed by atoms with E-state index >= 15 is 0 Å². The minimum absolute atomic E-state index is 0.0288. The van der Waals surface area contributed by atoms with E-state index in [0.29, 0.717) is 11.3 Å². The van der Waals surface area contributed by atoms with Gasteiger partial charge in [0, 0.05) is 55.1 Å². The van der Waals surface area contributed by atoms with Crippen LogP contribution in [0.1, 0.15) is 31.2 Å². The molecule has 0 aliphatic carbocycles. The van der Waals surface area contributed by atoms with E-state index in [2.05, 4.69) is 10.2 Å². The lowest BCUT2D eigenvalue weighted by Crippen LogP contribution is -2.34. The Hall–Kier alpha value is -3.39. The average molecular weight is 424 g/mol. The second-order valence-electron chi connectivity index (χ2n) is 7.52. The molecule has 31 heavy (non-hydrogen) atoms. The molecule has 2 aromatic carbocycles. The van der Waals surface area contributed by atoms with Gasteiger partial charge in [0.05, 0.1) is 6.61 Å². The molecular weight excluding hydrogens is 394 g/mol. The third-order valence-electron chi connectivity index (χ3n) is 5.28. The van der Waals surface area contributed by atoms with Crippen molar-refractivity contribution in [3.8, 4) is 0 Å². The molecule has 1 aliphatic rings. The normalized spacial score (nSPS) is 13.1. The monoisotopic (exact) mass is 423 g/mol. The fourth-order valence-electron chi connectivity index (χ4n) is 3.64. The summed E-state index contributed by atoms with van der Waals surface area (Å²) in [5, 5.41) is 19.6. The molecule has 0 unspecified atom stereocenters. The number of amidine groups is 1. The fraction of sp³-hybridized carbons (Fsp3) is 0.348. The molecule has 3 rings (SSSR count). The lowest BCUT2D eigenvalue weighted by molar-refractivity contribution is -0.122. The Balaban J connectivity index is 1.59. The van der Waals surface area contributed by atoms with E-state index < -0.39 is 0 Å². The molecule has 8 heteroatoms. The molecule has 164 valence electrons. The maximum Gasteiger partial charge on any atom is 0.227 e. The third kappa shape index (κ3) is 6.05. The highest BCUT2D eigenvalue weighted by Gasteiger charge is 2.19. The van der Waals surface area contributed by atoms with Gasteiger partial charge in [0.15, 0.2) is 0 Å². The summed E-state index contributed by atoms with van der Waals surface area (Å²) in [5.74, 6) is -0.533. The van der Waals surface area contributed by atoms with Gasteiger partial charge < -0.3 is 26.0 Å². The molecule has 2 amide bonds. The first-order valence-electron chi connectivity index (χ1n) is 10.5. The minimum atomic E-state index is -0.279. The fourth-order valence-corrected chi connectivity index (χ4v) is 3.64. The van der Waals surface area contributed by atoms with Crippen molar-refractivity contribution in [3.05, 3.63) is 54.1 Å². The van der Waals surface area contributed by atoms with Crippen molar-refractivity contribution < 1.29 is 14.7 Å². The van der Waals surface area contributed by atoms with E-state index in [0.717, 1.165) is 37.3 Å². The molecule has 0 bridgehead atoms. The Kier molecular flexibility index (Phi) is 7.61. The number of nitrogens with two attached hydrogens (primary N) is 1. The Morgan fingerprint density at radius 1 is 1.10 bits per heavy atom. The second-order valence-corrected chi connectivity index (χ2v) is 7.52. The van der Waals surface area contributed by atoms with E-state index in [9.17, 15) is 14.7 Å². The predicted octanol–water partition coefficient (Wildman–Crippen LogP) is 2.32. The number of nitrogens with one attached hydrogen (secondary N) is 2. The van der Waals surface area contributed by atoms with Crippen molar-refractivity contribution in [1.29, 1.82) is 5.41 Å². The summed E-state index contributed by atoms with van der Waals surface area (Å²) < 4.78 is 0. The van der Waals surface area contributed by atoms with Gasteiger partial charge in [-0.25, -0.2) is 0 Å². The Morgan fingerprint density at radius 3 is 2.45 bits per heavy atom. The quantitative estimate of drug-likeness (QED) is 0.364. The van der Waals surface area contributed by atoms with Crippen molar-refractivity contribution in [2.24, 2.45) is 5.73 Å². The van der Waals surface area contributed by atoms with Gasteiger partial charge in [-0.1, -0.05) is 6.07 Å². The number of hydrogen-bond donors (Lipinski definition) is 4. The molecule has 0 atom stereocenters. The average Bonchev–Trinajstić information content (AvgIpc) is 3.31. The SMILES string of the molecule is N=C(N)c1ccc(NC(=O)CCC(=O)N(CCO)c2cccc(N3CCCC3)c2)cc1. The number of benzene rings is 2. The Morgan fingerprint density at radius 2 is 1.81 bits per heavy atom. The molecule has 0 radical (unpaired) electrons. The zero-order valence-electron chi connectivity index (χ0n) is 17.5. The molecule has 0 spiro atoms. The van der Waals surface area contributed by atoms with Crippen LogP contribution < -0.4 is 20.9 Å². The minimum Gasteiger partial charge on any atom is -0.395 e. The van der Waals surface area contributed by atoms with Gasteiger partial charge in [0.1, 0.15) is 5.84 Å². The van der Waals surface area contributed by atoms with Crippen LogP contribution in [0.4, 0.5) is 17.1 Å². The van der Waals surface area contributed by atoms with Crippen molar-refractivity contribution in [1.82, 2.24) is 0 Å². The highest BCUT2D eigenvalue weighted by Crippen LogP contribution is 2.26. The summed E-state index contributed by atoms with van der Waals surface area (Å²) in [6.45, 7) is 2.03. The van der Waals surface area contributed by atoms with Crippen LogP contribution in [0.3, 0.4) is 0 Å². The second kappa shape index (κ2) is 10.6. The number of carbonyl (C=O) groups excluding carboxylic acids is 2. The summed E-state index contributed by atoms with van der Waals surface area (Å²) in [7, 11) is 0. The van der Waals surface area contributed by atoms with Gasteiger partial charge in [-0.3, -0.25) is 15.0 Å². The number of nitrogen functional groups attached to an aromatic ring is 1. The molecular formula is C23H29N5O3. The zero-order valence-corrected chi connectivity index (χ0v) is 17.5. The molecule has 1 saturated heterocycles. The van der Waals surface area contributed by atoms with Crippen molar-refractivity contribution in [3.63, 3.8) is 0 Å². The summed E-state index contributed by atoms with van der Waals surface area (Å²) >= 11 is 0. The van der Waals surface area contributed by atoms with Crippen LogP contribution in [0.5, 0.6) is 0 Å². The summed E-state index contributed by atoms with van der Waals surface area (Å²) in [5.41, 5.74) is 8.37. The predicted molar refractivity (Wildman–Crippen MR) is 123 cm³/mol. The number of amides is 2. The van der Waals surface area contributed by atoms with E-state index in [4.69, 9.17) is 11.1 Å². The first-order chi connectivity index (χ1) is 15.0. The van der Waals surface area contributed by atoms with Crippen LogP contribution in [-0.4, -0.2) is 49.0 Å². The Bertz CT molecular complexity index is 923. The third-order valence-corrected chi connectivity index (χ3v) is 5.28. The van der Waals surface area contributed by atoms with Crippen LogP contribution in [0.15, 0.2) is 48.5 Å². The molecule has 1 fully saturated rings. The number of aliphatic hydroxyl groups is 1. The number of hydrogen-bond acceptors (Lipinski definition) is 5. The van der Waals surface area contributed by atoms with Crippen LogP contribution in [0.25, 0.3) is 0 Å². The first-order valence-corrected chi connectivity index (χ1v) is 10.5. The number of rotatable bonds is 9. The number of anilines is 3. The molecule has 1 heterocycles. The van der Waals surface area contributed by atoms with Crippen molar-refractivity contribution in [2.75, 3.05) is 41.4 Å². The van der Waals surface area contributed by atoms with Crippen LogP contribution in [-0.2, 0) is 9.59 Å². The van der Waals surface area contributed by atoms with Gasteiger partial charge in [0.25, 0.3) is 0 Å². The zero-order chi connectivity index (χ0) is 22.2. The molecule has 2 aromatic rings.